The molecule has 0 aliphatic heterocycles. The van der Waals surface area contributed by atoms with Crippen LogP contribution in [0.25, 0.3) is 0 Å². The molecule has 0 radical (unpaired) electrons. The Morgan fingerprint density at radius 2 is 2.10 bits per heavy atom. The normalized spacial score (nSPS) is 11.7. The molecule has 0 saturated carbocycles. The predicted octanol–water partition coefficient (Wildman–Crippen LogP) is -0.0641. The second-order valence-corrected chi connectivity index (χ2v) is 6.59. The van der Waals surface area contributed by atoms with Crippen LogP contribution in [-0.2, 0) is 35.8 Å². The zero-order valence-corrected chi connectivity index (χ0v) is 12.7. The van der Waals surface area contributed by atoms with Crippen molar-refractivity contribution in [1.82, 2.24) is 19.5 Å². The number of hydrogen-bond donors (Lipinski definition) is 2. The molecular weight excluding hydrogens is 290 g/mol. The largest absolute Gasteiger partial charge is 0.326 e. The summed E-state index contributed by atoms with van der Waals surface area (Å²) < 4.78 is 28.4. The second-order valence-electron chi connectivity index (χ2n) is 4.79. The van der Waals surface area contributed by atoms with Crippen LogP contribution in [0.4, 0.5) is 0 Å². The minimum absolute atomic E-state index is 0.0559. The van der Waals surface area contributed by atoms with Gasteiger partial charge in [-0.25, -0.2) is 13.1 Å². The first-order valence-electron chi connectivity index (χ1n) is 6.58. The summed E-state index contributed by atoms with van der Waals surface area (Å²) >= 11 is 0. The minimum atomic E-state index is -3.37. The van der Waals surface area contributed by atoms with E-state index >= 15 is 0 Å². The lowest BCUT2D eigenvalue weighted by Gasteiger charge is -2.07. The average molecular weight is 309 g/mol. The van der Waals surface area contributed by atoms with Gasteiger partial charge in [0.15, 0.2) is 0 Å². The number of hydrogen-bond acceptors (Lipinski definition) is 5. The number of aromatic nitrogens is 3. The topological polar surface area (TPSA) is 103 Å². The highest BCUT2D eigenvalue weighted by molar-refractivity contribution is 7.88. The van der Waals surface area contributed by atoms with E-state index in [1.807, 2.05) is 25.2 Å². The van der Waals surface area contributed by atoms with E-state index in [4.69, 9.17) is 5.73 Å². The van der Waals surface area contributed by atoms with Gasteiger partial charge in [0, 0.05) is 26.6 Å². The van der Waals surface area contributed by atoms with Gasteiger partial charge in [0.25, 0.3) is 0 Å². The predicted molar refractivity (Wildman–Crippen MR) is 79.7 cm³/mol. The van der Waals surface area contributed by atoms with Crippen molar-refractivity contribution in [2.45, 2.75) is 18.7 Å². The standard InChI is InChI=1S/C13H19N5O2S/c1-18-10-15-17-13(18)5-6-16-21(19,20)9-12-4-2-3-11(7-12)8-14/h2-4,7,10,16H,5-6,8-9,14H2,1H3. The first kappa shape index (κ1) is 15.6. The number of sulfonamides is 1. The molecule has 0 atom stereocenters. The van der Waals surface area contributed by atoms with Crippen molar-refractivity contribution in [2.24, 2.45) is 12.8 Å². The summed E-state index contributed by atoms with van der Waals surface area (Å²) in [5.41, 5.74) is 7.20. The number of nitrogens with one attached hydrogen (secondary N) is 1. The van der Waals surface area contributed by atoms with Gasteiger partial charge in [0.05, 0.1) is 5.75 Å². The lowest BCUT2D eigenvalue weighted by atomic mass is 10.1. The Labute approximate surface area is 124 Å². The van der Waals surface area contributed by atoms with Gasteiger partial charge in [-0.2, -0.15) is 0 Å². The molecule has 1 heterocycles. The van der Waals surface area contributed by atoms with Crippen molar-refractivity contribution in [1.29, 1.82) is 0 Å². The molecule has 0 bridgehead atoms. The van der Waals surface area contributed by atoms with Crippen LogP contribution in [0.2, 0.25) is 0 Å². The molecule has 0 spiro atoms. The molecular formula is C13H19N5O2S. The molecule has 21 heavy (non-hydrogen) atoms. The Bertz CT molecular complexity index is 696. The lowest BCUT2D eigenvalue weighted by Crippen LogP contribution is -2.27. The zero-order valence-electron chi connectivity index (χ0n) is 11.9. The van der Waals surface area contributed by atoms with Gasteiger partial charge in [-0.1, -0.05) is 24.3 Å². The van der Waals surface area contributed by atoms with E-state index in [2.05, 4.69) is 14.9 Å². The third-order valence-corrected chi connectivity index (χ3v) is 4.42. The van der Waals surface area contributed by atoms with Gasteiger partial charge in [-0.3, -0.25) is 0 Å². The number of benzene rings is 1. The van der Waals surface area contributed by atoms with E-state index in [0.717, 1.165) is 17.0 Å². The Kier molecular flexibility index (Phi) is 5.05. The van der Waals surface area contributed by atoms with E-state index < -0.39 is 10.0 Å². The smallest absolute Gasteiger partial charge is 0.215 e. The Morgan fingerprint density at radius 1 is 1.33 bits per heavy atom. The summed E-state index contributed by atoms with van der Waals surface area (Å²) in [4.78, 5) is 0. The molecule has 0 aliphatic carbocycles. The fraction of sp³-hybridized carbons (Fsp3) is 0.385. The number of rotatable bonds is 7. The Hall–Kier alpha value is -1.77. The van der Waals surface area contributed by atoms with Gasteiger partial charge in [-0.15, -0.1) is 10.2 Å². The maximum absolute atomic E-state index is 12.0. The van der Waals surface area contributed by atoms with Gasteiger partial charge in [-0.05, 0) is 11.1 Å². The summed E-state index contributed by atoms with van der Waals surface area (Å²) in [5, 5.41) is 7.65. The maximum Gasteiger partial charge on any atom is 0.215 e. The lowest BCUT2D eigenvalue weighted by molar-refractivity contribution is 0.579. The van der Waals surface area contributed by atoms with Crippen LogP contribution in [0.5, 0.6) is 0 Å². The first-order chi connectivity index (χ1) is 10.00. The molecule has 2 rings (SSSR count). The average Bonchev–Trinajstić information content (AvgIpc) is 2.84. The fourth-order valence-electron chi connectivity index (χ4n) is 1.97. The van der Waals surface area contributed by atoms with E-state index in [0.29, 0.717) is 19.5 Å². The van der Waals surface area contributed by atoms with Crippen molar-refractivity contribution < 1.29 is 8.42 Å². The highest BCUT2D eigenvalue weighted by atomic mass is 32.2. The highest BCUT2D eigenvalue weighted by Crippen LogP contribution is 2.08. The van der Waals surface area contributed by atoms with Crippen molar-refractivity contribution in [3.8, 4) is 0 Å². The Balaban J connectivity index is 1.91. The number of nitrogens with two attached hydrogens (primary N) is 1. The van der Waals surface area contributed by atoms with E-state index in [1.54, 1.807) is 17.0 Å². The monoisotopic (exact) mass is 309 g/mol. The summed E-state index contributed by atoms with van der Waals surface area (Å²) in [6.45, 7) is 0.693. The van der Waals surface area contributed by atoms with Gasteiger partial charge < -0.3 is 10.3 Å². The molecule has 3 N–H and O–H groups in total. The molecule has 8 heteroatoms. The SMILES string of the molecule is Cn1cnnc1CCNS(=O)(=O)Cc1cccc(CN)c1. The third kappa shape index (κ3) is 4.62. The van der Waals surface area contributed by atoms with Crippen LogP contribution in [0.1, 0.15) is 17.0 Å². The number of aryl methyl sites for hydroxylation is 1. The molecule has 0 unspecified atom stereocenters. The highest BCUT2D eigenvalue weighted by Gasteiger charge is 2.12. The molecule has 0 amide bonds. The molecule has 114 valence electrons. The second kappa shape index (κ2) is 6.79. The molecule has 0 aliphatic rings. The summed E-state index contributed by atoms with van der Waals surface area (Å²) in [6, 6.07) is 7.27. The molecule has 0 saturated heterocycles. The number of nitrogens with zero attached hydrogens (tertiary/aromatic N) is 3. The van der Waals surface area contributed by atoms with Crippen LogP contribution in [0, 0.1) is 0 Å². The Morgan fingerprint density at radius 3 is 2.76 bits per heavy atom. The zero-order chi connectivity index (χ0) is 15.3. The van der Waals surface area contributed by atoms with Crippen LogP contribution in [-0.4, -0.2) is 29.7 Å². The third-order valence-electron chi connectivity index (χ3n) is 3.06. The maximum atomic E-state index is 12.0. The van der Waals surface area contributed by atoms with E-state index in [1.165, 1.54) is 0 Å². The summed E-state index contributed by atoms with van der Waals surface area (Å²) in [6.07, 6.45) is 2.08. The van der Waals surface area contributed by atoms with Crippen molar-refractivity contribution in [3.63, 3.8) is 0 Å². The van der Waals surface area contributed by atoms with E-state index in [-0.39, 0.29) is 5.75 Å². The van der Waals surface area contributed by atoms with Gasteiger partial charge in [0.2, 0.25) is 10.0 Å². The first-order valence-corrected chi connectivity index (χ1v) is 8.23. The van der Waals surface area contributed by atoms with Crippen LogP contribution < -0.4 is 10.5 Å². The van der Waals surface area contributed by atoms with Crippen LogP contribution in [0.3, 0.4) is 0 Å². The van der Waals surface area contributed by atoms with Crippen LogP contribution >= 0.6 is 0 Å². The van der Waals surface area contributed by atoms with Crippen molar-refractivity contribution in [3.05, 3.63) is 47.5 Å². The molecule has 7 nitrogen and oxygen atoms in total. The minimum Gasteiger partial charge on any atom is -0.326 e. The van der Waals surface area contributed by atoms with Crippen molar-refractivity contribution >= 4 is 10.0 Å². The summed E-state index contributed by atoms with van der Waals surface area (Å²) in [7, 11) is -1.55. The summed E-state index contributed by atoms with van der Waals surface area (Å²) in [5.74, 6) is 0.683. The molecule has 2 aromatic rings. The molecule has 1 aromatic carbocycles. The quantitative estimate of drug-likeness (QED) is 0.745. The van der Waals surface area contributed by atoms with Crippen molar-refractivity contribution in [2.75, 3.05) is 6.54 Å². The van der Waals surface area contributed by atoms with Gasteiger partial charge >= 0.3 is 0 Å². The van der Waals surface area contributed by atoms with Crippen LogP contribution in [0.15, 0.2) is 30.6 Å². The molecule has 0 fully saturated rings. The fourth-order valence-corrected chi connectivity index (χ4v) is 3.10. The molecule has 1 aromatic heterocycles. The van der Waals surface area contributed by atoms with E-state index in [9.17, 15) is 8.42 Å². The van der Waals surface area contributed by atoms with Gasteiger partial charge in [0.1, 0.15) is 12.2 Å².